The SMILES string of the molecule is CN(c1ccc2nccnc2n1)C1CCCNCC1. The van der Waals surface area contributed by atoms with Crippen molar-refractivity contribution in [2.75, 3.05) is 25.0 Å². The number of hydrogen-bond acceptors (Lipinski definition) is 5. The fourth-order valence-corrected chi connectivity index (χ4v) is 2.62. The van der Waals surface area contributed by atoms with Crippen molar-refractivity contribution in [3.8, 4) is 0 Å². The van der Waals surface area contributed by atoms with Gasteiger partial charge in [-0.2, -0.15) is 0 Å². The van der Waals surface area contributed by atoms with Gasteiger partial charge in [-0.25, -0.2) is 9.97 Å². The Morgan fingerprint density at radius 1 is 1.16 bits per heavy atom. The lowest BCUT2D eigenvalue weighted by atomic mass is 10.1. The number of rotatable bonds is 2. The monoisotopic (exact) mass is 257 g/mol. The average molecular weight is 257 g/mol. The van der Waals surface area contributed by atoms with Crippen molar-refractivity contribution in [2.24, 2.45) is 0 Å². The first-order valence-electron chi connectivity index (χ1n) is 6.86. The first-order chi connectivity index (χ1) is 9.34. The molecule has 0 aliphatic carbocycles. The summed E-state index contributed by atoms with van der Waals surface area (Å²) in [6, 6.07) is 4.59. The summed E-state index contributed by atoms with van der Waals surface area (Å²) < 4.78 is 0. The summed E-state index contributed by atoms with van der Waals surface area (Å²) >= 11 is 0. The van der Waals surface area contributed by atoms with Gasteiger partial charge in [-0.1, -0.05) is 0 Å². The van der Waals surface area contributed by atoms with E-state index in [2.05, 4.69) is 32.2 Å². The van der Waals surface area contributed by atoms with Crippen LogP contribution in [0.25, 0.3) is 11.2 Å². The highest BCUT2D eigenvalue weighted by molar-refractivity contribution is 5.71. The van der Waals surface area contributed by atoms with Gasteiger partial charge in [-0.15, -0.1) is 0 Å². The maximum Gasteiger partial charge on any atom is 0.180 e. The minimum absolute atomic E-state index is 0.552. The minimum Gasteiger partial charge on any atom is -0.357 e. The lowest BCUT2D eigenvalue weighted by Crippen LogP contribution is -2.33. The fourth-order valence-electron chi connectivity index (χ4n) is 2.62. The lowest BCUT2D eigenvalue weighted by Gasteiger charge is -2.28. The van der Waals surface area contributed by atoms with E-state index in [1.165, 1.54) is 12.8 Å². The second-order valence-electron chi connectivity index (χ2n) is 5.01. The van der Waals surface area contributed by atoms with Crippen LogP contribution in [0.15, 0.2) is 24.5 Å². The predicted molar refractivity (Wildman–Crippen MR) is 76.2 cm³/mol. The Morgan fingerprint density at radius 3 is 3.00 bits per heavy atom. The summed E-state index contributed by atoms with van der Waals surface area (Å²) in [6.07, 6.45) is 6.99. The summed E-state index contributed by atoms with van der Waals surface area (Å²) in [5.41, 5.74) is 1.57. The summed E-state index contributed by atoms with van der Waals surface area (Å²) in [6.45, 7) is 2.21. The molecule has 0 bridgehead atoms. The van der Waals surface area contributed by atoms with Gasteiger partial charge in [0.25, 0.3) is 0 Å². The fraction of sp³-hybridized carbons (Fsp3) is 0.500. The molecule has 0 aromatic carbocycles. The van der Waals surface area contributed by atoms with Crippen LogP contribution in [0.1, 0.15) is 19.3 Å². The summed E-state index contributed by atoms with van der Waals surface area (Å²) in [7, 11) is 2.13. The largest absolute Gasteiger partial charge is 0.357 e. The highest BCUT2D eigenvalue weighted by atomic mass is 15.2. The molecule has 5 nitrogen and oxygen atoms in total. The average Bonchev–Trinajstić information content (AvgIpc) is 2.75. The topological polar surface area (TPSA) is 53.9 Å². The summed E-state index contributed by atoms with van der Waals surface area (Å²) in [5.74, 6) is 0.986. The van der Waals surface area contributed by atoms with Crippen molar-refractivity contribution in [1.29, 1.82) is 0 Å². The van der Waals surface area contributed by atoms with Crippen LogP contribution in [-0.4, -0.2) is 41.1 Å². The second kappa shape index (κ2) is 5.48. The van der Waals surface area contributed by atoms with E-state index in [0.717, 1.165) is 36.5 Å². The number of fused-ring (bicyclic) bond motifs is 1. The quantitative estimate of drug-likeness (QED) is 0.885. The smallest absolute Gasteiger partial charge is 0.180 e. The van der Waals surface area contributed by atoms with E-state index < -0.39 is 0 Å². The molecule has 0 amide bonds. The van der Waals surface area contributed by atoms with Crippen LogP contribution in [0.2, 0.25) is 0 Å². The molecule has 0 saturated carbocycles. The normalized spacial score (nSPS) is 20.2. The van der Waals surface area contributed by atoms with Gasteiger partial charge in [0.05, 0.1) is 0 Å². The number of pyridine rings is 1. The Hall–Kier alpha value is -1.75. The Bertz CT molecular complexity index is 548. The molecule has 1 unspecified atom stereocenters. The zero-order valence-electron chi connectivity index (χ0n) is 11.2. The lowest BCUT2D eigenvalue weighted by molar-refractivity contribution is 0.563. The van der Waals surface area contributed by atoms with Crippen LogP contribution in [0, 0.1) is 0 Å². The Morgan fingerprint density at radius 2 is 2.05 bits per heavy atom. The molecule has 1 saturated heterocycles. The van der Waals surface area contributed by atoms with E-state index in [1.54, 1.807) is 12.4 Å². The summed E-state index contributed by atoms with van der Waals surface area (Å²) in [4.78, 5) is 15.4. The van der Waals surface area contributed by atoms with Crippen molar-refractivity contribution in [3.63, 3.8) is 0 Å². The first-order valence-corrected chi connectivity index (χ1v) is 6.86. The van der Waals surface area contributed by atoms with E-state index in [0.29, 0.717) is 6.04 Å². The van der Waals surface area contributed by atoms with Crippen molar-refractivity contribution < 1.29 is 0 Å². The zero-order valence-corrected chi connectivity index (χ0v) is 11.2. The van der Waals surface area contributed by atoms with Gasteiger partial charge in [0.15, 0.2) is 5.65 Å². The predicted octanol–water partition coefficient (Wildman–Crippen LogP) is 1.60. The van der Waals surface area contributed by atoms with Crippen molar-refractivity contribution in [3.05, 3.63) is 24.5 Å². The van der Waals surface area contributed by atoms with Gasteiger partial charge in [-0.05, 0) is 44.5 Å². The molecular formula is C14H19N5. The van der Waals surface area contributed by atoms with Crippen molar-refractivity contribution >= 4 is 17.0 Å². The molecule has 100 valence electrons. The van der Waals surface area contributed by atoms with E-state index in [4.69, 9.17) is 0 Å². The number of nitrogens with zero attached hydrogens (tertiary/aromatic N) is 4. The maximum absolute atomic E-state index is 4.61. The molecule has 3 rings (SSSR count). The van der Waals surface area contributed by atoms with E-state index >= 15 is 0 Å². The van der Waals surface area contributed by atoms with Crippen LogP contribution < -0.4 is 10.2 Å². The van der Waals surface area contributed by atoms with Gasteiger partial charge in [-0.3, -0.25) is 4.98 Å². The van der Waals surface area contributed by atoms with Crippen LogP contribution in [-0.2, 0) is 0 Å². The van der Waals surface area contributed by atoms with Gasteiger partial charge in [0.1, 0.15) is 11.3 Å². The van der Waals surface area contributed by atoms with E-state index in [9.17, 15) is 0 Å². The maximum atomic E-state index is 4.61. The highest BCUT2D eigenvalue weighted by Gasteiger charge is 2.18. The Balaban J connectivity index is 1.85. The molecule has 0 spiro atoms. The van der Waals surface area contributed by atoms with Gasteiger partial charge in [0.2, 0.25) is 0 Å². The van der Waals surface area contributed by atoms with Gasteiger partial charge < -0.3 is 10.2 Å². The Kier molecular flexibility index (Phi) is 3.55. The molecule has 1 aliphatic heterocycles. The highest BCUT2D eigenvalue weighted by Crippen LogP contribution is 2.20. The van der Waals surface area contributed by atoms with Crippen LogP contribution in [0.4, 0.5) is 5.82 Å². The van der Waals surface area contributed by atoms with E-state index in [-0.39, 0.29) is 0 Å². The van der Waals surface area contributed by atoms with Gasteiger partial charge >= 0.3 is 0 Å². The minimum atomic E-state index is 0.552. The number of aromatic nitrogens is 3. The number of nitrogens with one attached hydrogen (secondary N) is 1. The van der Waals surface area contributed by atoms with Crippen molar-refractivity contribution in [2.45, 2.75) is 25.3 Å². The molecule has 1 fully saturated rings. The molecule has 2 aromatic rings. The molecule has 1 atom stereocenters. The molecule has 5 heteroatoms. The second-order valence-corrected chi connectivity index (χ2v) is 5.01. The molecule has 3 heterocycles. The molecule has 1 aliphatic rings. The molecule has 0 radical (unpaired) electrons. The third-order valence-electron chi connectivity index (χ3n) is 3.77. The van der Waals surface area contributed by atoms with Gasteiger partial charge in [0, 0.05) is 25.5 Å². The first kappa shape index (κ1) is 12.3. The van der Waals surface area contributed by atoms with Crippen LogP contribution >= 0.6 is 0 Å². The zero-order chi connectivity index (χ0) is 13.1. The van der Waals surface area contributed by atoms with Crippen molar-refractivity contribution in [1.82, 2.24) is 20.3 Å². The Labute approximate surface area is 113 Å². The third kappa shape index (κ3) is 2.66. The molecule has 2 aromatic heterocycles. The standard InChI is InChI=1S/C14H19N5/c1-19(11-3-2-7-15-8-6-11)13-5-4-12-14(18-13)17-10-9-16-12/h4-5,9-11,15H,2-3,6-8H2,1H3. The third-order valence-corrected chi connectivity index (χ3v) is 3.77. The van der Waals surface area contributed by atoms with Crippen LogP contribution in [0.3, 0.4) is 0 Å². The van der Waals surface area contributed by atoms with E-state index in [1.807, 2.05) is 12.1 Å². The molecule has 1 N–H and O–H groups in total. The number of hydrogen-bond donors (Lipinski definition) is 1. The summed E-state index contributed by atoms with van der Waals surface area (Å²) in [5, 5.41) is 3.44. The number of anilines is 1. The van der Waals surface area contributed by atoms with Crippen LogP contribution in [0.5, 0.6) is 0 Å². The molecular weight excluding hydrogens is 238 g/mol. The molecule has 19 heavy (non-hydrogen) atoms.